The predicted molar refractivity (Wildman–Crippen MR) is 78.5 cm³/mol. The molecule has 0 unspecified atom stereocenters. The van der Waals surface area contributed by atoms with Crippen LogP contribution < -0.4 is 10.1 Å². The molecule has 0 aliphatic carbocycles. The molecule has 5 nitrogen and oxygen atoms in total. The zero-order chi connectivity index (χ0) is 14.5. The highest BCUT2D eigenvalue weighted by Gasteiger charge is 2.10. The number of anilines is 1. The normalized spacial score (nSPS) is 10.2. The molecule has 0 aliphatic rings. The molecule has 0 amide bonds. The van der Waals surface area contributed by atoms with Crippen LogP contribution in [0.1, 0.15) is 20.2 Å². The zero-order valence-electron chi connectivity index (χ0n) is 11.6. The fourth-order valence-corrected chi connectivity index (χ4v) is 2.46. The van der Waals surface area contributed by atoms with Gasteiger partial charge in [-0.2, -0.15) is 0 Å². The topological polar surface area (TPSA) is 60.5 Å². The van der Waals surface area contributed by atoms with Crippen molar-refractivity contribution in [1.29, 1.82) is 0 Å². The zero-order valence-corrected chi connectivity index (χ0v) is 12.4. The van der Waals surface area contributed by atoms with E-state index in [1.807, 2.05) is 13.1 Å². The fraction of sp³-hybridized carbons (Fsp3) is 0.286. The lowest BCUT2D eigenvalue weighted by molar-refractivity contribution is 0.0600. The number of nitrogens with zero attached hydrogens (tertiary/aromatic N) is 1. The Hall–Kier alpha value is -2.08. The highest BCUT2D eigenvalue weighted by molar-refractivity contribution is 7.11. The van der Waals surface area contributed by atoms with E-state index in [4.69, 9.17) is 4.74 Å². The monoisotopic (exact) mass is 292 g/mol. The summed E-state index contributed by atoms with van der Waals surface area (Å²) >= 11 is 1.64. The van der Waals surface area contributed by atoms with E-state index in [1.54, 1.807) is 36.6 Å². The van der Waals surface area contributed by atoms with Crippen LogP contribution in [0, 0.1) is 6.92 Å². The van der Waals surface area contributed by atoms with Gasteiger partial charge in [0.15, 0.2) is 0 Å². The van der Waals surface area contributed by atoms with Crippen molar-refractivity contribution in [3.05, 3.63) is 39.8 Å². The number of aromatic nitrogens is 1. The predicted octanol–water partition coefficient (Wildman–Crippen LogP) is 2.86. The highest BCUT2D eigenvalue weighted by atomic mass is 32.1. The first kappa shape index (κ1) is 14.3. The van der Waals surface area contributed by atoms with Gasteiger partial charge in [0.05, 0.1) is 32.0 Å². The molecule has 106 valence electrons. The van der Waals surface area contributed by atoms with Gasteiger partial charge >= 0.3 is 5.97 Å². The van der Waals surface area contributed by atoms with Gasteiger partial charge in [-0.05, 0) is 25.1 Å². The Morgan fingerprint density at radius 1 is 1.40 bits per heavy atom. The summed E-state index contributed by atoms with van der Waals surface area (Å²) in [5, 5.41) is 4.25. The van der Waals surface area contributed by atoms with Crippen molar-refractivity contribution in [3.8, 4) is 5.75 Å². The second-order valence-electron chi connectivity index (χ2n) is 4.12. The van der Waals surface area contributed by atoms with Crippen LogP contribution in [0.2, 0.25) is 0 Å². The van der Waals surface area contributed by atoms with Gasteiger partial charge in [0, 0.05) is 11.1 Å². The van der Waals surface area contributed by atoms with Crippen LogP contribution >= 0.6 is 11.3 Å². The Kier molecular flexibility index (Phi) is 4.57. The molecule has 20 heavy (non-hydrogen) atoms. The second kappa shape index (κ2) is 6.38. The maximum absolute atomic E-state index is 11.5. The number of nitrogens with one attached hydrogen (secondary N) is 1. The lowest BCUT2D eigenvalue weighted by Gasteiger charge is -2.11. The highest BCUT2D eigenvalue weighted by Crippen LogP contribution is 2.26. The maximum Gasteiger partial charge on any atom is 0.337 e. The van der Waals surface area contributed by atoms with Gasteiger partial charge in [-0.3, -0.25) is 0 Å². The lowest BCUT2D eigenvalue weighted by atomic mass is 10.2. The van der Waals surface area contributed by atoms with Crippen LogP contribution in [0.25, 0.3) is 0 Å². The Balaban J connectivity index is 2.13. The van der Waals surface area contributed by atoms with Crippen LogP contribution in [-0.4, -0.2) is 25.2 Å². The van der Waals surface area contributed by atoms with Crippen molar-refractivity contribution >= 4 is 23.0 Å². The smallest absolute Gasteiger partial charge is 0.337 e. The van der Waals surface area contributed by atoms with Crippen molar-refractivity contribution in [3.63, 3.8) is 0 Å². The molecular weight excluding hydrogens is 276 g/mol. The first-order valence-electron chi connectivity index (χ1n) is 6.05. The Morgan fingerprint density at radius 2 is 2.20 bits per heavy atom. The van der Waals surface area contributed by atoms with Gasteiger partial charge in [0.1, 0.15) is 10.8 Å². The third-order valence-electron chi connectivity index (χ3n) is 2.72. The Labute approximate surface area is 121 Å². The molecule has 6 heteroatoms. The van der Waals surface area contributed by atoms with E-state index in [9.17, 15) is 4.79 Å². The SMILES string of the molecule is COC(=O)c1ccc(NCc2ncc(C)s2)c(OC)c1. The quantitative estimate of drug-likeness (QED) is 0.859. The summed E-state index contributed by atoms with van der Waals surface area (Å²) in [6.07, 6.45) is 1.85. The molecule has 0 atom stereocenters. The van der Waals surface area contributed by atoms with Gasteiger partial charge in [0.25, 0.3) is 0 Å². The number of carbonyl (C=O) groups excluding carboxylic acids is 1. The van der Waals surface area contributed by atoms with E-state index in [2.05, 4.69) is 15.0 Å². The molecule has 1 heterocycles. The minimum atomic E-state index is -0.384. The van der Waals surface area contributed by atoms with Crippen molar-refractivity contribution in [1.82, 2.24) is 4.98 Å². The van der Waals surface area contributed by atoms with Gasteiger partial charge in [0.2, 0.25) is 0 Å². The molecule has 0 aliphatic heterocycles. The fourth-order valence-electron chi connectivity index (χ4n) is 1.74. The number of ether oxygens (including phenoxy) is 2. The molecule has 0 saturated heterocycles. The summed E-state index contributed by atoms with van der Waals surface area (Å²) in [7, 11) is 2.92. The van der Waals surface area contributed by atoms with Gasteiger partial charge in [-0.25, -0.2) is 9.78 Å². The summed E-state index contributed by atoms with van der Waals surface area (Å²) < 4.78 is 9.97. The van der Waals surface area contributed by atoms with Crippen molar-refractivity contribution < 1.29 is 14.3 Å². The van der Waals surface area contributed by atoms with Crippen molar-refractivity contribution in [2.45, 2.75) is 13.5 Å². The Bertz CT molecular complexity index is 610. The minimum Gasteiger partial charge on any atom is -0.495 e. The second-order valence-corrected chi connectivity index (χ2v) is 5.44. The summed E-state index contributed by atoms with van der Waals surface area (Å²) in [5.74, 6) is 0.214. The number of aryl methyl sites for hydroxylation is 1. The first-order chi connectivity index (χ1) is 9.63. The number of carbonyl (C=O) groups is 1. The average molecular weight is 292 g/mol. The molecule has 1 N–H and O–H groups in total. The van der Waals surface area contributed by atoms with E-state index in [-0.39, 0.29) is 5.97 Å². The standard InChI is InChI=1S/C14H16N2O3S/c1-9-7-16-13(20-9)8-15-11-5-4-10(14(17)19-3)6-12(11)18-2/h4-7,15H,8H2,1-3H3. The van der Waals surface area contributed by atoms with Crippen LogP contribution in [0.3, 0.4) is 0 Å². The number of rotatable bonds is 5. The van der Waals surface area contributed by atoms with E-state index in [1.165, 1.54) is 12.0 Å². The molecule has 2 rings (SSSR count). The van der Waals surface area contributed by atoms with E-state index < -0.39 is 0 Å². The van der Waals surface area contributed by atoms with E-state index >= 15 is 0 Å². The number of thiazole rings is 1. The Morgan fingerprint density at radius 3 is 2.80 bits per heavy atom. The number of benzene rings is 1. The molecule has 0 radical (unpaired) electrons. The van der Waals surface area contributed by atoms with Gasteiger partial charge in [-0.15, -0.1) is 11.3 Å². The molecule has 0 saturated carbocycles. The summed E-state index contributed by atoms with van der Waals surface area (Å²) in [6, 6.07) is 5.15. The minimum absolute atomic E-state index is 0.384. The summed E-state index contributed by atoms with van der Waals surface area (Å²) in [6.45, 7) is 2.64. The number of hydrogen-bond acceptors (Lipinski definition) is 6. The van der Waals surface area contributed by atoms with E-state index in [0.717, 1.165) is 10.7 Å². The number of methoxy groups -OCH3 is 2. The third-order valence-corrected chi connectivity index (χ3v) is 3.63. The molecule has 0 spiro atoms. The summed E-state index contributed by atoms with van der Waals surface area (Å²) in [4.78, 5) is 16.9. The van der Waals surface area contributed by atoms with E-state index in [0.29, 0.717) is 17.9 Å². The lowest BCUT2D eigenvalue weighted by Crippen LogP contribution is -2.04. The molecule has 1 aromatic carbocycles. The summed E-state index contributed by atoms with van der Waals surface area (Å²) in [5.41, 5.74) is 1.27. The van der Waals surface area contributed by atoms with Crippen LogP contribution in [0.15, 0.2) is 24.4 Å². The third kappa shape index (κ3) is 3.27. The van der Waals surface area contributed by atoms with Crippen molar-refractivity contribution in [2.24, 2.45) is 0 Å². The van der Waals surface area contributed by atoms with Crippen molar-refractivity contribution in [2.75, 3.05) is 19.5 Å². The molecule has 0 fully saturated rings. The van der Waals surface area contributed by atoms with Crippen LogP contribution in [0.4, 0.5) is 5.69 Å². The first-order valence-corrected chi connectivity index (χ1v) is 6.87. The molecule has 0 bridgehead atoms. The largest absolute Gasteiger partial charge is 0.495 e. The van der Waals surface area contributed by atoms with Crippen LogP contribution in [0.5, 0.6) is 5.75 Å². The van der Waals surface area contributed by atoms with Gasteiger partial charge < -0.3 is 14.8 Å². The number of hydrogen-bond donors (Lipinski definition) is 1. The molecule has 2 aromatic rings. The maximum atomic E-state index is 11.5. The molecule has 1 aromatic heterocycles. The van der Waals surface area contributed by atoms with Gasteiger partial charge in [-0.1, -0.05) is 0 Å². The average Bonchev–Trinajstić information content (AvgIpc) is 2.89. The molecular formula is C14H16N2O3S. The number of esters is 1. The van der Waals surface area contributed by atoms with Crippen LogP contribution in [-0.2, 0) is 11.3 Å².